The van der Waals surface area contributed by atoms with E-state index < -0.39 is 11.8 Å². The van der Waals surface area contributed by atoms with Crippen molar-refractivity contribution in [3.63, 3.8) is 0 Å². The molecular formula is C15H20Cl2N2O3. The van der Waals surface area contributed by atoms with Gasteiger partial charge < -0.3 is 15.7 Å². The number of nitrogens with one attached hydrogen (secondary N) is 2. The number of hydrogen-bond acceptors (Lipinski definition) is 3. The van der Waals surface area contributed by atoms with E-state index in [1.165, 1.54) is 12.1 Å². The van der Waals surface area contributed by atoms with E-state index in [1.807, 2.05) is 6.92 Å². The predicted molar refractivity (Wildman–Crippen MR) is 88.2 cm³/mol. The zero-order valence-corrected chi connectivity index (χ0v) is 13.9. The largest absolute Gasteiger partial charge is 0.396 e. The van der Waals surface area contributed by atoms with Gasteiger partial charge in [-0.1, -0.05) is 36.5 Å². The van der Waals surface area contributed by atoms with Gasteiger partial charge in [-0.25, -0.2) is 0 Å². The second-order valence-electron chi connectivity index (χ2n) is 4.96. The molecule has 122 valence electrons. The van der Waals surface area contributed by atoms with Gasteiger partial charge in [0.2, 0.25) is 0 Å². The van der Waals surface area contributed by atoms with Gasteiger partial charge >= 0.3 is 11.8 Å². The number of amides is 2. The third kappa shape index (κ3) is 6.22. The Labute approximate surface area is 140 Å². The van der Waals surface area contributed by atoms with Gasteiger partial charge in [-0.05, 0) is 37.0 Å². The van der Waals surface area contributed by atoms with E-state index in [9.17, 15) is 9.59 Å². The Kier molecular flexibility index (Phi) is 8.24. The third-order valence-electron chi connectivity index (χ3n) is 3.17. The quantitative estimate of drug-likeness (QED) is 0.664. The van der Waals surface area contributed by atoms with Crippen LogP contribution in [-0.2, 0) is 9.59 Å². The van der Waals surface area contributed by atoms with Gasteiger partial charge in [-0.15, -0.1) is 0 Å². The summed E-state index contributed by atoms with van der Waals surface area (Å²) in [6.07, 6.45) is 2.44. The molecule has 1 rings (SSSR count). The molecule has 0 bridgehead atoms. The predicted octanol–water partition coefficient (Wildman–Crippen LogP) is 2.85. The molecule has 0 radical (unpaired) electrons. The van der Waals surface area contributed by atoms with Crippen molar-refractivity contribution >= 4 is 40.7 Å². The highest BCUT2D eigenvalue weighted by atomic mass is 35.5. The number of aliphatic hydroxyl groups is 1. The van der Waals surface area contributed by atoms with Gasteiger partial charge in [0.1, 0.15) is 0 Å². The van der Waals surface area contributed by atoms with Crippen LogP contribution in [0.4, 0.5) is 5.69 Å². The number of benzene rings is 1. The summed E-state index contributed by atoms with van der Waals surface area (Å²) < 4.78 is 0. The van der Waals surface area contributed by atoms with Crippen LogP contribution in [0.2, 0.25) is 10.0 Å². The number of carbonyl (C=O) groups excluding carboxylic acids is 2. The van der Waals surface area contributed by atoms with Crippen LogP contribution < -0.4 is 10.6 Å². The van der Waals surface area contributed by atoms with Crippen LogP contribution in [0.15, 0.2) is 18.2 Å². The van der Waals surface area contributed by atoms with E-state index in [-0.39, 0.29) is 12.5 Å². The van der Waals surface area contributed by atoms with Crippen LogP contribution in [0.3, 0.4) is 0 Å². The highest BCUT2D eigenvalue weighted by molar-refractivity contribution is 6.42. The molecule has 0 fully saturated rings. The van der Waals surface area contributed by atoms with Crippen molar-refractivity contribution in [2.24, 2.45) is 5.92 Å². The Morgan fingerprint density at radius 3 is 2.50 bits per heavy atom. The summed E-state index contributed by atoms with van der Waals surface area (Å²) in [5.41, 5.74) is 0.398. The summed E-state index contributed by atoms with van der Waals surface area (Å²) in [5.74, 6) is -1.32. The molecule has 2 amide bonds. The standard InChI is InChI=1S/C15H20Cl2N2O3/c1-2-3-10(6-7-20)9-18-14(21)15(22)19-11-4-5-12(16)13(17)8-11/h4-5,8,10,20H,2-3,6-7,9H2,1H3,(H,18,21)(H,19,22). The maximum Gasteiger partial charge on any atom is 0.313 e. The molecule has 0 saturated heterocycles. The molecule has 22 heavy (non-hydrogen) atoms. The first-order valence-electron chi connectivity index (χ1n) is 7.13. The van der Waals surface area contributed by atoms with Gasteiger partial charge in [0.25, 0.3) is 0 Å². The van der Waals surface area contributed by atoms with Crippen molar-refractivity contribution in [1.82, 2.24) is 5.32 Å². The summed E-state index contributed by atoms with van der Waals surface area (Å²) in [7, 11) is 0. The molecule has 1 unspecified atom stereocenters. The van der Waals surface area contributed by atoms with Crippen molar-refractivity contribution in [2.75, 3.05) is 18.5 Å². The van der Waals surface area contributed by atoms with Crippen molar-refractivity contribution in [1.29, 1.82) is 0 Å². The third-order valence-corrected chi connectivity index (χ3v) is 3.91. The molecule has 3 N–H and O–H groups in total. The van der Waals surface area contributed by atoms with Crippen molar-refractivity contribution < 1.29 is 14.7 Å². The molecule has 5 nitrogen and oxygen atoms in total. The van der Waals surface area contributed by atoms with E-state index in [0.717, 1.165) is 12.8 Å². The highest BCUT2D eigenvalue weighted by Gasteiger charge is 2.16. The molecule has 0 aliphatic heterocycles. The Morgan fingerprint density at radius 2 is 1.91 bits per heavy atom. The fourth-order valence-electron chi connectivity index (χ4n) is 2.02. The molecule has 1 aromatic rings. The van der Waals surface area contributed by atoms with Crippen molar-refractivity contribution in [2.45, 2.75) is 26.2 Å². The fourth-order valence-corrected chi connectivity index (χ4v) is 2.32. The highest BCUT2D eigenvalue weighted by Crippen LogP contribution is 2.24. The lowest BCUT2D eigenvalue weighted by molar-refractivity contribution is -0.136. The van der Waals surface area contributed by atoms with Crippen LogP contribution in [0.25, 0.3) is 0 Å². The van der Waals surface area contributed by atoms with Crippen molar-refractivity contribution in [3.05, 3.63) is 28.2 Å². The molecule has 0 spiro atoms. The first-order chi connectivity index (χ1) is 10.5. The van der Waals surface area contributed by atoms with Crippen LogP contribution in [0.1, 0.15) is 26.2 Å². The minimum atomic E-state index is -0.766. The lowest BCUT2D eigenvalue weighted by atomic mass is 10.0. The van der Waals surface area contributed by atoms with E-state index >= 15 is 0 Å². The Morgan fingerprint density at radius 1 is 1.18 bits per heavy atom. The number of carbonyl (C=O) groups is 2. The molecule has 0 aliphatic rings. The summed E-state index contributed by atoms with van der Waals surface area (Å²) in [6, 6.07) is 4.57. The van der Waals surface area contributed by atoms with Crippen LogP contribution in [0.5, 0.6) is 0 Å². The monoisotopic (exact) mass is 346 g/mol. The number of anilines is 1. The van der Waals surface area contributed by atoms with E-state index in [2.05, 4.69) is 10.6 Å². The Balaban J connectivity index is 2.50. The Hall–Kier alpha value is -1.30. The summed E-state index contributed by atoms with van der Waals surface area (Å²) in [5, 5.41) is 14.7. The SMILES string of the molecule is CCCC(CCO)CNC(=O)C(=O)Nc1ccc(Cl)c(Cl)c1. The second-order valence-corrected chi connectivity index (χ2v) is 5.77. The number of aliphatic hydroxyl groups excluding tert-OH is 1. The first-order valence-corrected chi connectivity index (χ1v) is 7.88. The maximum absolute atomic E-state index is 11.8. The Bertz CT molecular complexity index is 518. The minimum Gasteiger partial charge on any atom is -0.396 e. The van der Waals surface area contributed by atoms with Gasteiger partial charge in [0, 0.05) is 18.8 Å². The molecule has 0 aliphatic carbocycles. The molecule has 0 saturated carbocycles. The zero-order valence-electron chi connectivity index (χ0n) is 12.4. The van der Waals surface area contributed by atoms with Crippen LogP contribution in [0, 0.1) is 5.92 Å². The van der Waals surface area contributed by atoms with Gasteiger partial charge in [-0.2, -0.15) is 0 Å². The molecule has 0 heterocycles. The fraction of sp³-hybridized carbons (Fsp3) is 0.467. The summed E-state index contributed by atoms with van der Waals surface area (Å²) in [6.45, 7) is 2.46. The zero-order chi connectivity index (χ0) is 16.5. The average Bonchev–Trinajstić information content (AvgIpc) is 2.48. The van der Waals surface area contributed by atoms with Crippen LogP contribution in [-0.4, -0.2) is 30.1 Å². The molecule has 1 aromatic carbocycles. The minimum absolute atomic E-state index is 0.0655. The van der Waals surface area contributed by atoms with Crippen molar-refractivity contribution in [3.8, 4) is 0 Å². The lowest BCUT2D eigenvalue weighted by Gasteiger charge is -2.15. The maximum atomic E-state index is 11.8. The first kappa shape index (κ1) is 18.7. The summed E-state index contributed by atoms with van der Waals surface area (Å²) in [4.78, 5) is 23.6. The van der Waals surface area contributed by atoms with Crippen LogP contribution >= 0.6 is 23.2 Å². The normalized spacial score (nSPS) is 11.8. The average molecular weight is 347 g/mol. The smallest absolute Gasteiger partial charge is 0.313 e. The van der Waals surface area contributed by atoms with Gasteiger partial charge in [-0.3, -0.25) is 9.59 Å². The molecular weight excluding hydrogens is 327 g/mol. The van der Waals surface area contributed by atoms with E-state index in [1.54, 1.807) is 6.07 Å². The molecule has 1 atom stereocenters. The number of halogens is 2. The summed E-state index contributed by atoms with van der Waals surface area (Å²) >= 11 is 11.6. The molecule has 0 aromatic heterocycles. The number of hydrogen-bond donors (Lipinski definition) is 3. The molecule has 7 heteroatoms. The van der Waals surface area contributed by atoms with E-state index in [0.29, 0.717) is 28.7 Å². The number of rotatable bonds is 7. The van der Waals surface area contributed by atoms with Gasteiger partial charge in [0.05, 0.1) is 10.0 Å². The second kappa shape index (κ2) is 9.66. The van der Waals surface area contributed by atoms with Gasteiger partial charge in [0.15, 0.2) is 0 Å². The van der Waals surface area contributed by atoms with E-state index in [4.69, 9.17) is 28.3 Å². The topological polar surface area (TPSA) is 78.4 Å². The lowest BCUT2D eigenvalue weighted by Crippen LogP contribution is -2.38.